The van der Waals surface area contributed by atoms with Gasteiger partial charge in [0.15, 0.2) is 0 Å². The van der Waals surface area contributed by atoms with E-state index in [1.54, 1.807) is 0 Å². The highest BCUT2D eigenvalue weighted by Crippen LogP contribution is 2.36. The van der Waals surface area contributed by atoms with Crippen LogP contribution in [0.5, 0.6) is 0 Å². The molecule has 1 saturated carbocycles. The minimum absolute atomic E-state index is 0.399. The summed E-state index contributed by atoms with van der Waals surface area (Å²) in [4.78, 5) is 0. The smallest absolute Gasteiger partial charge is 0.102 e. The molecule has 1 aromatic carbocycles. The van der Waals surface area contributed by atoms with Crippen molar-refractivity contribution in [2.45, 2.75) is 44.6 Å². The lowest BCUT2D eigenvalue weighted by Gasteiger charge is -2.26. The maximum absolute atomic E-state index is 9.92. The maximum Gasteiger partial charge on any atom is 0.102 e. The molecule has 1 fully saturated rings. The number of rotatable bonds is 6. The number of benzene rings is 1. The van der Waals surface area contributed by atoms with Crippen molar-refractivity contribution in [2.24, 2.45) is 0 Å². The summed E-state index contributed by atoms with van der Waals surface area (Å²) in [7, 11) is 0. The van der Waals surface area contributed by atoms with Crippen LogP contribution in [0, 0.1) is 0 Å². The molecule has 0 aliphatic heterocycles. The van der Waals surface area contributed by atoms with E-state index >= 15 is 0 Å². The molecule has 2 nitrogen and oxygen atoms in total. The molecule has 2 rings (SSSR count). The summed E-state index contributed by atoms with van der Waals surface area (Å²) in [5.74, 6) is 0.762. The first-order chi connectivity index (χ1) is 8.31. The molecule has 17 heavy (non-hydrogen) atoms. The summed E-state index contributed by atoms with van der Waals surface area (Å²) in [5.41, 5.74) is 2.38. The topological polar surface area (TPSA) is 29.5 Å². The van der Waals surface area contributed by atoms with E-state index in [0.717, 1.165) is 24.5 Å². The fourth-order valence-electron chi connectivity index (χ4n) is 2.17. The quantitative estimate of drug-likeness (QED) is 0.764. The van der Waals surface area contributed by atoms with Gasteiger partial charge in [-0.2, -0.15) is 0 Å². The monoisotopic (exact) mass is 234 g/mol. The van der Waals surface area contributed by atoms with Crippen LogP contribution in [0.15, 0.2) is 24.3 Å². The molecule has 1 atom stereocenters. The van der Waals surface area contributed by atoms with E-state index in [-0.39, 0.29) is 0 Å². The highest BCUT2D eigenvalue weighted by Gasteiger charge is 2.19. The Kier molecular flexibility index (Phi) is 4.57. The summed E-state index contributed by atoms with van der Waals surface area (Å²) in [6.07, 6.45) is 4.51. The second-order valence-electron chi connectivity index (χ2n) is 4.89. The van der Waals surface area contributed by atoms with Gasteiger partial charge in [0, 0.05) is 6.61 Å². The Morgan fingerprint density at radius 3 is 2.53 bits per heavy atom. The number of aliphatic hydroxyl groups is 1. The van der Waals surface area contributed by atoms with Gasteiger partial charge in [-0.15, -0.1) is 0 Å². The molecule has 0 heterocycles. The van der Waals surface area contributed by atoms with Crippen LogP contribution in [0.4, 0.5) is 0 Å². The third-order valence-electron chi connectivity index (χ3n) is 3.52. The molecule has 2 heteroatoms. The van der Waals surface area contributed by atoms with Crippen molar-refractivity contribution in [3.8, 4) is 0 Å². The fraction of sp³-hybridized carbons (Fsp3) is 0.600. The Hall–Kier alpha value is -0.860. The van der Waals surface area contributed by atoms with Gasteiger partial charge >= 0.3 is 0 Å². The van der Waals surface area contributed by atoms with Gasteiger partial charge in [-0.25, -0.2) is 0 Å². The molecule has 0 bridgehead atoms. The van der Waals surface area contributed by atoms with E-state index in [9.17, 15) is 5.11 Å². The van der Waals surface area contributed by atoms with Crippen LogP contribution < -0.4 is 0 Å². The molecule has 0 aromatic heterocycles. The SMILES string of the molecule is CCCOCC(O)c1ccc(C2CCC2)cc1. The Labute approximate surface area is 104 Å². The third-order valence-corrected chi connectivity index (χ3v) is 3.52. The van der Waals surface area contributed by atoms with Crippen molar-refractivity contribution in [3.05, 3.63) is 35.4 Å². The van der Waals surface area contributed by atoms with Crippen molar-refractivity contribution in [3.63, 3.8) is 0 Å². The average Bonchev–Trinajstić information content (AvgIpc) is 2.28. The fourth-order valence-corrected chi connectivity index (χ4v) is 2.17. The molecule has 1 unspecified atom stereocenters. The standard InChI is InChI=1S/C15H22O2/c1-2-10-17-11-15(16)14-8-6-13(7-9-14)12-4-3-5-12/h6-9,12,15-16H,2-5,10-11H2,1H3. The molecule has 1 N–H and O–H groups in total. The van der Waals surface area contributed by atoms with E-state index < -0.39 is 6.10 Å². The molecule has 1 aliphatic carbocycles. The Morgan fingerprint density at radius 1 is 1.29 bits per heavy atom. The Balaban J connectivity index is 1.87. The molecule has 1 aromatic rings. The lowest BCUT2D eigenvalue weighted by Crippen LogP contribution is -2.10. The predicted octanol–water partition coefficient (Wildman–Crippen LogP) is 3.41. The predicted molar refractivity (Wildman–Crippen MR) is 69.1 cm³/mol. The van der Waals surface area contributed by atoms with Crippen LogP contribution in [0.3, 0.4) is 0 Å². The van der Waals surface area contributed by atoms with E-state index in [1.165, 1.54) is 24.8 Å². The lowest BCUT2D eigenvalue weighted by molar-refractivity contribution is 0.0364. The summed E-state index contributed by atoms with van der Waals surface area (Å²) >= 11 is 0. The average molecular weight is 234 g/mol. The van der Waals surface area contributed by atoms with Crippen LogP contribution in [0.2, 0.25) is 0 Å². The lowest BCUT2D eigenvalue weighted by atomic mass is 9.80. The van der Waals surface area contributed by atoms with E-state index in [4.69, 9.17) is 4.74 Å². The number of ether oxygens (including phenoxy) is 1. The molecule has 0 radical (unpaired) electrons. The number of aliphatic hydroxyl groups excluding tert-OH is 1. The summed E-state index contributed by atoms with van der Waals surface area (Å²) in [6.45, 7) is 3.19. The van der Waals surface area contributed by atoms with Gasteiger partial charge in [-0.1, -0.05) is 37.6 Å². The van der Waals surface area contributed by atoms with Crippen LogP contribution >= 0.6 is 0 Å². The first kappa shape index (κ1) is 12.6. The summed E-state index contributed by atoms with van der Waals surface area (Å²) < 4.78 is 5.36. The van der Waals surface area contributed by atoms with E-state index in [0.29, 0.717) is 6.61 Å². The van der Waals surface area contributed by atoms with Gasteiger partial charge in [0.2, 0.25) is 0 Å². The number of hydrogen-bond acceptors (Lipinski definition) is 2. The highest BCUT2D eigenvalue weighted by molar-refractivity contribution is 5.27. The molecule has 0 amide bonds. The Morgan fingerprint density at radius 2 is 2.00 bits per heavy atom. The third kappa shape index (κ3) is 3.30. The van der Waals surface area contributed by atoms with E-state index in [1.807, 2.05) is 12.1 Å². The molecule has 0 saturated heterocycles. The minimum atomic E-state index is -0.489. The van der Waals surface area contributed by atoms with Gasteiger partial charge < -0.3 is 9.84 Å². The molecular weight excluding hydrogens is 212 g/mol. The largest absolute Gasteiger partial charge is 0.386 e. The van der Waals surface area contributed by atoms with E-state index in [2.05, 4.69) is 19.1 Å². The van der Waals surface area contributed by atoms with Gasteiger partial charge in [-0.05, 0) is 36.3 Å². The first-order valence-electron chi connectivity index (χ1n) is 6.67. The van der Waals surface area contributed by atoms with Crippen molar-refractivity contribution >= 4 is 0 Å². The van der Waals surface area contributed by atoms with Gasteiger partial charge in [0.1, 0.15) is 6.10 Å². The van der Waals surface area contributed by atoms with Crippen LogP contribution in [-0.2, 0) is 4.74 Å². The van der Waals surface area contributed by atoms with Crippen molar-refractivity contribution in [2.75, 3.05) is 13.2 Å². The molecule has 94 valence electrons. The second-order valence-corrected chi connectivity index (χ2v) is 4.89. The van der Waals surface area contributed by atoms with Gasteiger partial charge in [0.05, 0.1) is 6.61 Å². The molecular formula is C15H22O2. The zero-order chi connectivity index (χ0) is 12.1. The first-order valence-corrected chi connectivity index (χ1v) is 6.67. The zero-order valence-electron chi connectivity index (χ0n) is 10.6. The summed E-state index contributed by atoms with van der Waals surface area (Å²) in [6, 6.07) is 8.38. The highest BCUT2D eigenvalue weighted by atomic mass is 16.5. The van der Waals surface area contributed by atoms with Crippen molar-refractivity contribution in [1.82, 2.24) is 0 Å². The normalized spacial score (nSPS) is 17.8. The number of hydrogen-bond donors (Lipinski definition) is 1. The van der Waals surface area contributed by atoms with Crippen molar-refractivity contribution in [1.29, 1.82) is 0 Å². The second kappa shape index (κ2) is 6.18. The Bertz CT molecular complexity index is 327. The zero-order valence-corrected chi connectivity index (χ0v) is 10.6. The summed E-state index contributed by atoms with van der Waals surface area (Å²) in [5, 5.41) is 9.92. The molecule has 1 aliphatic rings. The van der Waals surface area contributed by atoms with Gasteiger partial charge in [0.25, 0.3) is 0 Å². The van der Waals surface area contributed by atoms with Crippen LogP contribution in [-0.4, -0.2) is 18.3 Å². The minimum Gasteiger partial charge on any atom is -0.386 e. The van der Waals surface area contributed by atoms with Crippen molar-refractivity contribution < 1.29 is 9.84 Å². The van der Waals surface area contributed by atoms with Gasteiger partial charge in [-0.3, -0.25) is 0 Å². The van der Waals surface area contributed by atoms with Crippen LogP contribution in [0.25, 0.3) is 0 Å². The molecule has 0 spiro atoms. The van der Waals surface area contributed by atoms with Crippen LogP contribution in [0.1, 0.15) is 55.8 Å². The maximum atomic E-state index is 9.92.